The molecule has 1 heterocycles. The van der Waals surface area contributed by atoms with Crippen LogP contribution in [0.25, 0.3) is 10.9 Å². The molecular formula is C26H31ClN2. The number of halogens is 1. The lowest BCUT2D eigenvalue weighted by molar-refractivity contribution is 0.290. The predicted octanol–water partition coefficient (Wildman–Crippen LogP) is 7.83. The van der Waals surface area contributed by atoms with E-state index in [1.54, 1.807) is 0 Å². The molecule has 1 unspecified atom stereocenters. The second-order valence-corrected chi connectivity index (χ2v) is 8.83. The van der Waals surface area contributed by atoms with Crippen molar-refractivity contribution in [1.82, 2.24) is 4.98 Å². The molecule has 1 N–H and O–H groups in total. The molecule has 0 amide bonds. The molecule has 4 rings (SSSR count). The summed E-state index contributed by atoms with van der Waals surface area (Å²) in [5.41, 5.74) is 3.65. The summed E-state index contributed by atoms with van der Waals surface area (Å²) in [6, 6.07) is 19.1. The Balaban J connectivity index is 1.30. The van der Waals surface area contributed by atoms with Crippen LogP contribution in [0.1, 0.15) is 62.8 Å². The number of hydrogen-bond donors (Lipinski definition) is 1. The summed E-state index contributed by atoms with van der Waals surface area (Å²) >= 11 is 6.13. The van der Waals surface area contributed by atoms with Crippen LogP contribution in [0.5, 0.6) is 0 Å². The fraction of sp³-hybridized carbons (Fsp3) is 0.423. The minimum atomic E-state index is 0.676. The van der Waals surface area contributed by atoms with E-state index in [9.17, 15) is 0 Å². The molecule has 1 saturated carbocycles. The van der Waals surface area contributed by atoms with Gasteiger partial charge in [-0.15, -0.1) is 0 Å². The van der Waals surface area contributed by atoms with Crippen LogP contribution < -0.4 is 5.32 Å². The number of nitrogens with zero attached hydrogens (tertiary/aromatic N) is 1. The van der Waals surface area contributed by atoms with E-state index in [1.807, 2.05) is 12.3 Å². The molecule has 3 heteroatoms. The first-order chi connectivity index (χ1) is 14.3. The van der Waals surface area contributed by atoms with E-state index >= 15 is 0 Å². The average molecular weight is 407 g/mol. The van der Waals surface area contributed by atoms with Crippen LogP contribution in [0.15, 0.2) is 60.8 Å². The maximum absolute atomic E-state index is 6.13. The Morgan fingerprint density at radius 1 is 0.966 bits per heavy atom. The van der Waals surface area contributed by atoms with Gasteiger partial charge >= 0.3 is 0 Å². The zero-order chi connectivity index (χ0) is 19.9. The number of anilines is 1. The number of pyridine rings is 1. The Hall–Kier alpha value is -2.06. The van der Waals surface area contributed by atoms with Gasteiger partial charge in [0.15, 0.2) is 0 Å². The minimum Gasteiger partial charge on any atom is -0.384 e. The number of unbranched alkanes of at least 4 members (excludes halogenated alkanes) is 1. The van der Waals surface area contributed by atoms with Gasteiger partial charge in [0.05, 0.1) is 17.4 Å². The molecule has 1 atom stereocenters. The standard InChI is InChI=1S/C26H31ClN2/c27-23-15-13-21(14-16-23)25(20-8-2-1-3-9-20)11-6-7-17-28-24-18-22-10-4-5-12-26(22)29-19-24/h4-5,10,12-16,18-20,25,28H,1-3,6-9,11,17H2. The molecule has 0 aliphatic heterocycles. The molecule has 29 heavy (non-hydrogen) atoms. The highest BCUT2D eigenvalue weighted by atomic mass is 35.5. The van der Waals surface area contributed by atoms with E-state index in [0.29, 0.717) is 5.92 Å². The van der Waals surface area contributed by atoms with Gasteiger partial charge in [0.25, 0.3) is 0 Å². The van der Waals surface area contributed by atoms with Crippen molar-refractivity contribution >= 4 is 28.2 Å². The summed E-state index contributed by atoms with van der Waals surface area (Å²) in [6.45, 7) is 0.998. The van der Waals surface area contributed by atoms with Crippen molar-refractivity contribution in [1.29, 1.82) is 0 Å². The Bertz CT molecular complexity index is 900. The van der Waals surface area contributed by atoms with Crippen LogP contribution >= 0.6 is 11.6 Å². The van der Waals surface area contributed by atoms with Gasteiger partial charge in [0.1, 0.15) is 0 Å². The SMILES string of the molecule is Clc1ccc(C(CCCCNc2cnc3ccccc3c2)C2CCCCC2)cc1. The maximum atomic E-state index is 6.13. The lowest BCUT2D eigenvalue weighted by atomic mass is 9.75. The van der Waals surface area contributed by atoms with Crippen molar-refractivity contribution < 1.29 is 0 Å². The van der Waals surface area contributed by atoms with Crippen LogP contribution in [0, 0.1) is 5.92 Å². The highest BCUT2D eigenvalue weighted by Crippen LogP contribution is 2.39. The summed E-state index contributed by atoms with van der Waals surface area (Å²) in [5.74, 6) is 1.51. The molecule has 0 saturated heterocycles. The van der Waals surface area contributed by atoms with Gasteiger partial charge in [-0.1, -0.05) is 67.6 Å². The largest absolute Gasteiger partial charge is 0.384 e. The van der Waals surface area contributed by atoms with Gasteiger partial charge in [-0.25, -0.2) is 0 Å². The molecule has 2 nitrogen and oxygen atoms in total. The monoisotopic (exact) mass is 406 g/mol. The molecule has 1 aromatic heterocycles. The second kappa shape index (κ2) is 10.1. The highest BCUT2D eigenvalue weighted by Gasteiger charge is 2.24. The number of hydrogen-bond acceptors (Lipinski definition) is 2. The van der Waals surface area contributed by atoms with Crippen molar-refractivity contribution in [2.45, 2.75) is 57.3 Å². The second-order valence-electron chi connectivity index (χ2n) is 8.40. The number of fused-ring (bicyclic) bond motifs is 1. The van der Waals surface area contributed by atoms with E-state index in [-0.39, 0.29) is 0 Å². The van der Waals surface area contributed by atoms with Gasteiger partial charge in [0, 0.05) is 17.0 Å². The minimum absolute atomic E-state index is 0.676. The van der Waals surface area contributed by atoms with E-state index in [1.165, 1.54) is 62.3 Å². The van der Waals surface area contributed by atoms with E-state index in [2.05, 4.69) is 58.8 Å². The number of nitrogens with one attached hydrogen (secondary N) is 1. The average Bonchev–Trinajstić information content (AvgIpc) is 2.77. The molecule has 0 spiro atoms. The van der Waals surface area contributed by atoms with Gasteiger partial charge < -0.3 is 5.32 Å². The van der Waals surface area contributed by atoms with Crippen LogP contribution in [-0.4, -0.2) is 11.5 Å². The summed E-state index contributed by atoms with van der Waals surface area (Å²) < 4.78 is 0. The lowest BCUT2D eigenvalue weighted by Crippen LogP contribution is -2.17. The third-order valence-corrected chi connectivity index (χ3v) is 6.63. The van der Waals surface area contributed by atoms with Crippen molar-refractivity contribution in [2.24, 2.45) is 5.92 Å². The third kappa shape index (κ3) is 5.51. The Labute approximate surface area is 179 Å². The lowest BCUT2D eigenvalue weighted by Gasteiger charge is -2.31. The van der Waals surface area contributed by atoms with Crippen molar-refractivity contribution in [3.8, 4) is 0 Å². The van der Waals surface area contributed by atoms with Crippen molar-refractivity contribution in [3.05, 3.63) is 71.4 Å². The molecule has 0 bridgehead atoms. The van der Waals surface area contributed by atoms with Crippen LogP contribution in [0.2, 0.25) is 5.02 Å². The Morgan fingerprint density at radius 2 is 1.76 bits per heavy atom. The number of benzene rings is 2. The van der Waals surface area contributed by atoms with Crippen LogP contribution in [0.4, 0.5) is 5.69 Å². The first-order valence-corrected chi connectivity index (χ1v) is 11.5. The van der Waals surface area contributed by atoms with E-state index in [4.69, 9.17) is 11.6 Å². The van der Waals surface area contributed by atoms with Crippen molar-refractivity contribution in [3.63, 3.8) is 0 Å². The Morgan fingerprint density at radius 3 is 2.59 bits per heavy atom. The quantitative estimate of drug-likeness (QED) is 0.385. The smallest absolute Gasteiger partial charge is 0.0703 e. The van der Waals surface area contributed by atoms with Gasteiger partial charge in [0.2, 0.25) is 0 Å². The van der Waals surface area contributed by atoms with Gasteiger partial charge in [-0.2, -0.15) is 0 Å². The van der Waals surface area contributed by atoms with Crippen LogP contribution in [0.3, 0.4) is 0 Å². The molecule has 2 aromatic carbocycles. The Kier molecular flexibility index (Phi) is 7.05. The summed E-state index contributed by atoms with van der Waals surface area (Å²) in [4.78, 5) is 4.54. The van der Waals surface area contributed by atoms with Crippen molar-refractivity contribution in [2.75, 3.05) is 11.9 Å². The molecule has 152 valence electrons. The fourth-order valence-corrected chi connectivity index (χ4v) is 4.94. The van der Waals surface area contributed by atoms with Gasteiger partial charge in [-0.3, -0.25) is 4.98 Å². The summed E-state index contributed by atoms with van der Waals surface area (Å²) in [7, 11) is 0. The summed E-state index contributed by atoms with van der Waals surface area (Å²) in [6.07, 6.45) is 12.6. The predicted molar refractivity (Wildman–Crippen MR) is 125 cm³/mol. The zero-order valence-corrected chi connectivity index (χ0v) is 17.9. The summed E-state index contributed by atoms with van der Waals surface area (Å²) in [5, 5.41) is 5.59. The molecule has 0 radical (unpaired) electrons. The number of para-hydroxylation sites is 1. The number of aromatic nitrogens is 1. The van der Waals surface area contributed by atoms with E-state index < -0.39 is 0 Å². The first-order valence-electron chi connectivity index (χ1n) is 11.1. The highest BCUT2D eigenvalue weighted by molar-refractivity contribution is 6.30. The molecule has 1 aliphatic carbocycles. The maximum Gasteiger partial charge on any atom is 0.0703 e. The van der Waals surface area contributed by atoms with E-state index in [0.717, 1.165) is 28.7 Å². The molecular weight excluding hydrogens is 376 g/mol. The third-order valence-electron chi connectivity index (χ3n) is 6.38. The normalized spacial score (nSPS) is 16.0. The first kappa shape index (κ1) is 20.2. The van der Waals surface area contributed by atoms with Crippen LogP contribution in [-0.2, 0) is 0 Å². The fourth-order valence-electron chi connectivity index (χ4n) is 4.81. The van der Waals surface area contributed by atoms with Gasteiger partial charge in [-0.05, 0) is 67.3 Å². The molecule has 1 aliphatic rings. The molecule has 3 aromatic rings. The number of rotatable bonds is 8. The zero-order valence-electron chi connectivity index (χ0n) is 17.1. The topological polar surface area (TPSA) is 24.9 Å². The molecule has 1 fully saturated rings.